The van der Waals surface area contributed by atoms with Gasteiger partial charge in [-0.05, 0) is 56.7 Å². The number of carbonyl (C=O) groups is 2. The first kappa shape index (κ1) is 23.6. The first-order chi connectivity index (χ1) is 14.6. The van der Waals surface area contributed by atoms with Crippen molar-refractivity contribution in [3.8, 4) is 0 Å². The Morgan fingerprint density at radius 2 is 1.74 bits per heavy atom. The molecule has 1 amide bonds. The molecule has 1 unspecified atom stereocenters. The van der Waals surface area contributed by atoms with Crippen LogP contribution in [0.5, 0.6) is 0 Å². The third-order valence-corrected chi connectivity index (χ3v) is 6.87. The zero-order chi connectivity index (χ0) is 22.6. The zero-order valence-electron chi connectivity index (χ0n) is 18.0. The summed E-state index contributed by atoms with van der Waals surface area (Å²) in [5, 5.41) is 0. The number of alkyl halides is 3. The van der Waals surface area contributed by atoms with Gasteiger partial charge in [-0.25, -0.2) is 0 Å². The first-order valence-electron chi connectivity index (χ1n) is 11.1. The molecule has 0 bridgehead atoms. The molecule has 1 heterocycles. The predicted molar refractivity (Wildman–Crippen MR) is 114 cm³/mol. The van der Waals surface area contributed by atoms with Crippen molar-refractivity contribution < 1.29 is 22.8 Å². The molecule has 1 atom stereocenters. The average Bonchev–Trinajstić information content (AvgIpc) is 2.72. The largest absolute Gasteiger partial charge is 0.400 e. The van der Waals surface area contributed by atoms with Crippen LogP contribution in [0.4, 0.5) is 18.9 Å². The summed E-state index contributed by atoms with van der Waals surface area (Å²) in [6.07, 6.45) is -1.30. The second-order valence-corrected chi connectivity index (χ2v) is 8.93. The van der Waals surface area contributed by atoms with Crippen LogP contribution in [0.2, 0.25) is 0 Å². The number of benzene rings is 1. The number of carbonyl (C=O) groups excluding carboxylic acids is 2. The van der Waals surface area contributed by atoms with Gasteiger partial charge in [-0.1, -0.05) is 25.0 Å². The summed E-state index contributed by atoms with van der Waals surface area (Å²) >= 11 is 0. The SMILES string of the molecule is CC(=O)c1cccc(N2CCN(CCC3CCC(C(C(N)=O)C(F)(F)F)CC3)CC2)c1. The van der Waals surface area contributed by atoms with Crippen LogP contribution in [-0.4, -0.2) is 55.5 Å². The van der Waals surface area contributed by atoms with Gasteiger partial charge in [0.2, 0.25) is 5.91 Å². The van der Waals surface area contributed by atoms with Crippen LogP contribution in [0.1, 0.15) is 49.4 Å². The van der Waals surface area contributed by atoms with Gasteiger partial charge in [-0.15, -0.1) is 0 Å². The highest BCUT2D eigenvalue weighted by atomic mass is 19.4. The van der Waals surface area contributed by atoms with Crippen LogP contribution < -0.4 is 10.6 Å². The van der Waals surface area contributed by atoms with E-state index < -0.39 is 23.9 Å². The lowest BCUT2D eigenvalue weighted by Gasteiger charge is -2.38. The number of anilines is 1. The minimum absolute atomic E-state index is 0.0626. The van der Waals surface area contributed by atoms with Crippen molar-refractivity contribution in [3.63, 3.8) is 0 Å². The van der Waals surface area contributed by atoms with Crippen molar-refractivity contribution in [3.05, 3.63) is 29.8 Å². The number of ketones is 1. The number of Topliss-reactive ketones (excluding diaryl/α,β-unsaturated/α-hetero) is 1. The number of amides is 1. The number of hydrogen-bond donors (Lipinski definition) is 1. The molecule has 1 aromatic carbocycles. The van der Waals surface area contributed by atoms with E-state index in [1.54, 1.807) is 6.92 Å². The number of hydrogen-bond acceptors (Lipinski definition) is 4. The highest BCUT2D eigenvalue weighted by molar-refractivity contribution is 5.95. The van der Waals surface area contributed by atoms with E-state index in [-0.39, 0.29) is 5.78 Å². The maximum atomic E-state index is 13.1. The van der Waals surface area contributed by atoms with Crippen LogP contribution in [0.15, 0.2) is 24.3 Å². The summed E-state index contributed by atoms with van der Waals surface area (Å²) in [7, 11) is 0. The Bertz CT molecular complexity index is 768. The number of halogens is 3. The summed E-state index contributed by atoms with van der Waals surface area (Å²) in [5.41, 5.74) is 6.83. The fourth-order valence-corrected chi connectivity index (χ4v) is 4.99. The normalized spacial score (nSPS) is 24.1. The topological polar surface area (TPSA) is 66.6 Å². The molecule has 1 saturated heterocycles. The van der Waals surface area contributed by atoms with Gasteiger partial charge < -0.3 is 10.6 Å². The third kappa shape index (κ3) is 6.21. The summed E-state index contributed by atoms with van der Waals surface area (Å²) in [5.74, 6) is -3.47. The fraction of sp³-hybridized carbons (Fsp3) is 0.652. The molecule has 0 aromatic heterocycles. The van der Waals surface area contributed by atoms with Gasteiger partial charge in [0.15, 0.2) is 5.78 Å². The summed E-state index contributed by atoms with van der Waals surface area (Å²) < 4.78 is 39.4. The highest BCUT2D eigenvalue weighted by Crippen LogP contribution is 2.41. The Balaban J connectivity index is 1.41. The van der Waals surface area contributed by atoms with Crippen molar-refractivity contribution in [1.82, 2.24) is 4.90 Å². The molecule has 8 heteroatoms. The Kier molecular flexibility index (Phi) is 7.62. The van der Waals surface area contributed by atoms with Gasteiger partial charge in [-0.3, -0.25) is 14.5 Å². The van der Waals surface area contributed by atoms with Gasteiger partial charge in [0.25, 0.3) is 0 Å². The molecule has 1 aliphatic heterocycles. The molecule has 2 aliphatic rings. The molecule has 2 N–H and O–H groups in total. The molecule has 2 fully saturated rings. The molecule has 3 rings (SSSR count). The minimum Gasteiger partial charge on any atom is -0.369 e. The molecule has 172 valence electrons. The molecule has 1 saturated carbocycles. The Morgan fingerprint density at radius 3 is 2.29 bits per heavy atom. The minimum atomic E-state index is -4.55. The summed E-state index contributed by atoms with van der Waals surface area (Å²) in [4.78, 5) is 27.6. The number of primary amides is 1. The maximum Gasteiger partial charge on any atom is 0.400 e. The molecular weight excluding hydrogens is 407 g/mol. The Morgan fingerprint density at radius 1 is 1.10 bits per heavy atom. The summed E-state index contributed by atoms with van der Waals surface area (Å²) in [6, 6.07) is 7.71. The number of piperazine rings is 1. The van der Waals surface area contributed by atoms with Crippen LogP contribution >= 0.6 is 0 Å². The third-order valence-electron chi connectivity index (χ3n) is 6.87. The molecule has 5 nitrogen and oxygen atoms in total. The molecule has 1 aliphatic carbocycles. The van der Waals surface area contributed by atoms with Gasteiger partial charge >= 0.3 is 6.18 Å². The smallest absolute Gasteiger partial charge is 0.369 e. The molecule has 1 aromatic rings. The second-order valence-electron chi connectivity index (χ2n) is 8.93. The standard InChI is InChI=1S/C23H32F3N3O2/c1-16(30)19-3-2-4-20(15-19)29-13-11-28(12-14-29)10-9-17-5-7-18(8-6-17)21(22(27)31)23(24,25)26/h2-4,15,17-18,21H,5-14H2,1H3,(H2,27,31). The van der Waals surface area contributed by atoms with Crippen LogP contribution in [0.25, 0.3) is 0 Å². The van der Waals surface area contributed by atoms with E-state index in [2.05, 4.69) is 9.80 Å². The molecule has 0 spiro atoms. The second kappa shape index (κ2) is 10.0. The van der Waals surface area contributed by atoms with Gasteiger partial charge in [0.05, 0.1) is 0 Å². The van der Waals surface area contributed by atoms with E-state index in [1.165, 1.54) is 0 Å². The van der Waals surface area contributed by atoms with E-state index in [1.807, 2.05) is 24.3 Å². The quantitative estimate of drug-likeness (QED) is 0.655. The van der Waals surface area contributed by atoms with Gasteiger partial charge in [0.1, 0.15) is 5.92 Å². The van der Waals surface area contributed by atoms with Gasteiger partial charge in [-0.2, -0.15) is 13.2 Å². The van der Waals surface area contributed by atoms with Gasteiger partial charge in [0, 0.05) is 37.4 Å². The summed E-state index contributed by atoms with van der Waals surface area (Å²) in [6.45, 7) is 6.14. The van der Waals surface area contributed by atoms with E-state index in [0.29, 0.717) is 18.8 Å². The number of rotatable bonds is 7. The fourth-order valence-electron chi connectivity index (χ4n) is 4.99. The monoisotopic (exact) mass is 439 g/mol. The highest BCUT2D eigenvalue weighted by Gasteiger charge is 2.49. The van der Waals surface area contributed by atoms with Crippen molar-refractivity contribution in [2.24, 2.45) is 23.5 Å². The molecule has 0 radical (unpaired) electrons. The Hall–Kier alpha value is -2.09. The Labute approximate surface area is 181 Å². The first-order valence-corrected chi connectivity index (χ1v) is 11.1. The zero-order valence-corrected chi connectivity index (χ0v) is 18.0. The van der Waals surface area contributed by atoms with Crippen molar-refractivity contribution in [2.75, 3.05) is 37.6 Å². The lowest BCUT2D eigenvalue weighted by Crippen LogP contribution is -2.47. The van der Waals surface area contributed by atoms with E-state index in [0.717, 1.165) is 63.2 Å². The lowest BCUT2D eigenvalue weighted by atomic mass is 9.74. The van der Waals surface area contributed by atoms with E-state index in [4.69, 9.17) is 5.73 Å². The maximum absolute atomic E-state index is 13.1. The van der Waals surface area contributed by atoms with Crippen LogP contribution in [0.3, 0.4) is 0 Å². The van der Waals surface area contributed by atoms with Crippen molar-refractivity contribution in [2.45, 2.75) is 45.2 Å². The molecule has 31 heavy (non-hydrogen) atoms. The predicted octanol–water partition coefficient (Wildman–Crippen LogP) is 3.87. The van der Waals surface area contributed by atoms with Crippen molar-refractivity contribution in [1.29, 1.82) is 0 Å². The van der Waals surface area contributed by atoms with Crippen LogP contribution in [-0.2, 0) is 4.79 Å². The van der Waals surface area contributed by atoms with E-state index >= 15 is 0 Å². The van der Waals surface area contributed by atoms with Crippen LogP contribution in [0, 0.1) is 17.8 Å². The average molecular weight is 440 g/mol. The van der Waals surface area contributed by atoms with Crippen molar-refractivity contribution >= 4 is 17.4 Å². The number of nitrogens with zero attached hydrogens (tertiary/aromatic N) is 2. The van der Waals surface area contributed by atoms with E-state index in [9.17, 15) is 22.8 Å². The number of nitrogens with two attached hydrogens (primary N) is 1. The lowest BCUT2D eigenvalue weighted by molar-refractivity contribution is -0.194. The molecular formula is C23H32F3N3O2.